The molecule has 41 unspecified atom stereocenters. The molecule has 0 aromatic rings. The number of ketones is 1. The normalized spacial score (nSPS) is 54.8. The maximum atomic E-state index is 15.4. The van der Waals surface area contributed by atoms with Crippen molar-refractivity contribution in [1.82, 2.24) is 0 Å². The first-order chi connectivity index (χ1) is 54.3. The van der Waals surface area contributed by atoms with Crippen LogP contribution in [0.15, 0.2) is 23.3 Å². The standard InChI is InChI=1S/C58H94O25.C30H46O4/c1-23-44(80-47-40(69)34(63)27(60)21-74-47)38(67)42(71)48(76-23)79-33-13-14-55(7)30(54(33,5)6)12-15-56(8)31(55)11-10-25-26-18-53(3,4)16-17-58(26,32(62)19-57(25,56)9)52(73)83-51-46(35(64)28(61)22-75-51)82-49-43(72)39(68)45(24(2)77-49)81-50-41(70)37(66)36(65)29(20-59)78-50;1-25(2)21-8-11-30(7)23(28(21,5)10-9-22(25)32)20(31)16-18-19-17-27(4,24(33)34)13-12-26(19,3)14-15-29(18,30)6/h10,23-24,26-51,59-72H,11-22H2,1-9H3;16,19,21-23,32H,8-15,17H2,1-7H3,(H,33,34). The monoisotopic (exact) mass is 1660 g/mol. The van der Waals surface area contributed by atoms with Gasteiger partial charge in [0, 0.05) is 5.92 Å². The molecule has 0 amide bonds. The second-order valence-corrected chi connectivity index (χ2v) is 43.2. The molecule has 0 aromatic carbocycles. The van der Waals surface area contributed by atoms with Gasteiger partial charge in [0.2, 0.25) is 6.29 Å². The van der Waals surface area contributed by atoms with Crippen LogP contribution in [0.2, 0.25) is 0 Å². The van der Waals surface area contributed by atoms with Crippen molar-refractivity contribution in [2.45, 2.75) is 386 Å². The summed E-state index contributed by atoms with van der Waals surface area (Å²) in [5.74, 6) is -0.942. The van der Waals surface area contributed by atoms with E-state index >= 15 is 4.79 Å². The van der Waals surface area contributed by atoms with Crippen LogP contribution >= 0.6 is 0 Å². The van der Waals surface area contributed by atoms with E-state index in [9.17, 15) is 91.3 Å². The number of rotatable bonds is 12. The third-order valence-electron chi connectivity index (χ3n) is 35.8. The number of carbonyl (C=O) groups excluding carboxylic acids is 2. The summed E-state index contributed by atoms with van der Waals surface area (Å²) in [7, 11) is 0. The number of carboxylic acids is 1. The van der Waals surface area contributed by atoms with Crippen molar-refractivity contribution in [3.8, 4) is 0 Å². The molecule has 15 rings (SSSR count). The van der Waals surface area contributed by atoms with Gasteiger partial charge in [0.25, 0.3) is 0 Å². The van der Waals surface area contributed by atoms with Crippen molar-refractivity contribution in [2.75, 3.05) is 19.8 Å². The SMILES string of the molecule is CC1(C(=O)O)CCC2(C)CCC3(C)C(=CC(=O)C4C5(C)CCC(O)C(C)(C)C5CCC43C)C2C1.CC1OC(OC2CCC3(C)C(CCC4(C)C3CC=C3C5CC(C)(C)CCC5(C(=O)OC5OCC(O)C(O)C5OC5OC(C)C(OC6OC(CO)C(O)C(O)C6O)C(O)C5O)C(O)CC34C)C2(C)C)C(O)C(O)C1OC1OCC(O)C(O)C1O. The molecule has 16 N–H and O–H groups in total. The second-order valence-electron chi connectivity index (χ2n) is 43.2. The first-order valence-corrected chi connectivity index (χ1v) is 43.7. The van der Waals surface area contributed by atoms with E-state index in [0.717, 1.165) is 76.2 Å². The zero-order chi connectivity index (χ0) is 85.7. The van der Waals surface area contributed by atoms with Gasteiger partial charge >= 0.3 is 11.9 Å². The molecule has 0 aromatic heterocycles. The van der Waals surface area contributed by atoms with Crippen LogP contribution < -0.4 is 0 Å². The predicted molar refractivity (Wildman–Crippen MR) is 415 cm³/mol. The molecule has 5 aliphatic heterocycles. The summed E-state index contributed by atoms with van der Waals surface area (Å²) in [5.41, 5.74) is -2.13. The number of esters is 1. The molecule has 0 bridgehead atoms. The van der Waals surface area contributed by atoms with Crippen molar-refractivity contribution in [3.63, 3.8) is 0 Å². The molecule has 29 nitrogen and oxygen atoms in total. The van der Waals surface area contributed by atoms with Crippen LogP contribution in [0.5, 0.6) is 0 Å². The zero-order valence-electron chi connectivity index (χ0n) is 71.4. The molecule has 5 heterocycles. The molecule has 117 heavy (non-hydrogen) atoms. The van der Waals surface area contributed by atoms with Gasteiger partial charge < -0.3 is 129 Å². The number of carbonyl (C=O) groups is 3. The van der Waals surface area contributed by atoms with Crippen LogP contribution in [0.1, 0.15) is 226 Å². The number of aliphatic hydroxyl groups excluding tert-OH is 15. The Kier molecular flexibility index (Phi) is 24.2. The highest BCUT2D eigenvalue weighted by Gasteiger charge is 2.75. The van der Waals surface area contributed by atoms with Crippen LogP contribution in [-0.2, 0) is 61.8 Å². The van der Waals surface area contributed by atoms with Gasteiger partial charge in [0.1, 0.15) is 97.0 Å². The van der Waals surface area contributed by atoms with Crippen molar-refractivity contribution < 1.29 is 143 Å². The quantitative estimate of drug-likeness (QED) is 0.0726. The Labute approximate surface area is 687 Å². The Balaban J connectivity index is 0.000000274. The Morgan fingerprint density at radius 2 is 1.00 bits per heavy atom. The lowest BCUT2D eigenvalue weighted by atomic mass is 9.33. The minimum atomic E-state index is -1.93. The number of fused-ring (bicyclic) bond motifs is 14. The number of hydrogen-bond acceptors (Lipinski definition) is 28. The molecular formula is C88H140O29. The van der Waals surface area contributed by atoms with Gasteiger partial charge in [-0.3, -0.25) is 14.4 Å². The van der Waals surface area contributed by atoms with E-state index < -0.39 is 206 Å². The van der Waals surface area contributed by atoms with Crippen molar-refractivity contribution in [3.05, 3.63) is 23.3 Å². The average Bonchev–Trinajstić information content (AvgIpc) is 0.676. The molecule has 15 aliphatic rings. The molecule has 29 heteroatoms. The van der Waals surface area contributed by atoms with Gasteiger partial charge in [-0.2, -0.15) is 0 Å². The lowest BCUT2D eigenvalue weighted by molar-refractivity contribution is -0.374. The molecule has 13 fully saturated rings. The highest BCUT2D eigenvalue weighted by atomic mass is 16.8. The summed E-state index contributed by atoms with van der Waals surface area (Å²) in [5, 5.41) is 173. The first-order valence-electron chi connectivity index (χ1n) is 43.7. The van der Waals surface area contributed by atoms with E-state index in [1.807, 2.05) is 13.0 Å². The van der Waals surface area contributed by atoms with E-state index in [2.05, 4.69) is 96.1 Å². The van der Waals surface area contributed by atoms with E-state index in [4.69, 9.17) is 47.4 Å². The van der Waals surface area contributed by atoms with E-state index in [1.54, 1.807) is 6.92 Å². The fourth-order valence-electron chi connectivity index (χ4n) is 27.8. The fourth-order valence-corrected chi connectivity index (χ4v) is 27.8. The third kappa shape index (κ3) is 14.2. The van der Waals surface area contributed by atoms with E-state index in [-0.39, 0.29) is 98.3 Å². The summed E-state index contributed by atoms with van der Waals surface area (Å²) < 4.78 is 59.6. The van der Waals surface area contributed by atoms with Gasteiger partial charge in [0.05, 0.1) is 55.8 Å². The number of carboxylic acid groups (broad SMARTS) is 1. The summed E-state index contributed by atoms with van der Waals surface area (Å²) in [6.07, 6.45) is -19.3. The number of ether oxygens (including phenoxy) is 10. The van der Waals surface area contributed by atoms with Crippen molar-refractivity contribution in [1.29, 1.82) is 0 Å². The Bertz CT molecular complexity index is 3720. The fraction of sp³-hybridized carbons (Fsp3) is 0.920. The minimum absolute atomic E-state index is 0.0296. The molecule has 5 saturated heterocycles. The van der Waals surface area contributed by atoms with Gasteiger partial charge in [-0.25, -0.2) is 0 Å². The highest BCUT2D eigenvalue weighted by Crippen LogP contribution is 2.78. The number of allylic oxidation sites excluding steroid dienone is 4. The maximum absolute atomic E-state index is 15.4. The summed E-state index contributed by atoms with van der Waals surface area (Å²) in [4.78, 5) is 41.8. The van der Waals surface area contributed by atoms with Crippen LogP contribution in [0, 0.1) is 100 Å². The molecule has 10 aliphatic carbocycles. The molecular weight excluding hydrogens is 1520 g/mol. The first kappa shape index (κ1) is 90.4. The maximum Gasteiger partial charge on any atom is 0.317 e. The molecule has 0 spiro atoms. The Morgan fingerprint density at radius 1 is 0.462 bits per heavy atom. The molecule has 666 valence electrons. The lowest BCUT2D eigenvalue weighted by Crippen LogP contribution is -2.68. The summed E-state index contributed by atoms with van der Waals surface area (Å²) in [6, 6.07) is 0. The molecule has 41 atom stereocenters. The molecule has 0 radical (unpaired) electrons. The second kappa shape index (κ2) is 31.3. The summed E-state index contributed by atoms with van der Waals surface area (Å²) >= 11 is 0. The van der Waals surface area contributed by atoms with Crippen LogP contribution in [0.4, 0.5) is 0 Å². The van der Waals surface area contributed by atoms with Gasteiger partial charge in [-0.05, 0) is 226 Å². The largest absolute Gasteiger partial charge is 0.481 e. The van der Waals surface area contributed by atoms with Crippen LogP contribution in [0.3, 0.4) is 0 Å². The highest BCUT2D eigenvalue weighted by molar-refractivity contribution is 5.96. The van der Waals surface area contributed by atoms with E-state index in [1.165, 1.54) is 12.5 Å². The third-order valence-corrected chi connectivity index (χ3v) is 35.8. The summed E-state index contributed by atoms with van der Waals surface area (Å²) in [6.45, 7) is 33.0. The lowest BCUT2D eigenvalue weighted by Gasteiger charge is -2.71. The molecule has 8 saturated carbocycles. The minimum Gasteiger partial charge on any atom is -0.481 e. The Hall–Kier alpha value is -2.87. The predicted octanol–water partition coefficient (Wildman–Crippen LogP) is 4.51. The van der Waals surface area contributed by atoms with Crippen LogP contribution in [0.25, 0.3) is 0 Å². The van der Waals surface area contributed by atoms with Gasteiger partial charge in [-0.1, -0.05) is 107 Å². The van der Waals surface area contributed by atoms with Crippen LogP contribution in [-0.4, -0.2) is 279 Å². The number of hydrogen-bond donors (Lipinski definition) is 16. The Morgan fingerprint density at radius 3 is 1.62 bits per heavy atom. The van der Waals surface area contributed by atoms with Crippen molar-refractivity contribution >= 4 is 17.7 Å². The van der Waals surface area contributed by atoms with Crippen molar-refractivity contribution in [2.24, 2.45) is 100 Å². The van der Waals surface area contributed by atoms with Gasteiger partial charge in [-0.15, -0.1) is 0 Å². The number of aliphatic hydroxyl groups is 15. The average molecular weight is 1660 g/mol. The zero-order valence-corrected chi connectivity index (χ0v) is 71.4. The van der Waals surface area contributed by atoms with E-state index in [0.29, 0.717) is 38.0 Å². The van der Waals surface area contributed by atoms with Gasteiger partial charge in [0.15, 0.2) is 37.0 Å². The number of aliphatic carboxylic acids is 1. The smallest absolute Gasteiger partial charge is 0.317 e. The topological polar surface area (TPSA) is 467 Å².